The SMILES string of the molecule is Cn1cnc(S(=O)(=O)N[C@@H]2CC[C@@H](CC(=O)N3CCN(c4ccccc4)CC3)O[C@H]2CO)c1. The van der Waals surface area contributed by atoms with Gasteiger partial charge in [0, 0.05) is 45.1 Å². The van der Waals surface area contributed by atoms with Gasteiger partial charge in [-0.15, -0.1) is 0 Å². The molecule has 3 heterocycles. The third-order valence-corrected chi connectivity index (χ3v) is 7.59. The number of sulfonamides is 1. The molecule has 10 nitrogen and oxygen atoms in total. The van der Waals surface area contributed by atoms with Crippen molar-refractivity contribution in [1.82, 2.24) is 19.2 Å². The Morgan fingerprint density at radius 2 is 1.91 bits per heavy atom. The average Bonchev–Trinajstić information content (AvgIpc) is 3.28. The third kappa shape index (κ3) is 5.72. The van der Waals surface area contributed by atoms with Crippen molar-refractivity contribution in [1.29, 1.82) is 0 Å². The van der Waals surface area contributed by atoms with Gasteiger partial charge in [-0.25, -0.2) is 18.1 Å². The van der Waals surface area contributed by atoms with Crippen LogP contribution in [0.3, 0.4) is 0 Å². The summed E-state index contributed by atoms with van der Waals surface area (Å²) >= 11 is 0. The summed E-state index contributed by atoms with van der Waals surface area (Å²) in [5.41, 5.74) is 1.16. The number of amides is 1. The van der Waals surface area contributed by atoms with Crippen LogP contribution in [0.1, 0.15) is 19.3 Å². The van der Waals surface area contributed by atoms with E-state index < -0.39 is 22.2 Å². The summed E-state index contributed by atoms with van der Waals surface area (Å²) in [6.45, 7) is 2.51. The number of hydrogen-bond donors (Lipinski definition) is 2. The van der Waals surface area contributed by atoms with Crippen molar-refractivity contribution in [3.63, 3.8) is 0 Å². The predicted octanol–water partition coefficient (Wildman–Crippen LogP) is 0.346. The Bertz CT molecular complexity index is 1040. The maximum Gasteiger partial charge on any atom is 0.259 e. The minimum Gasteiger partial charge on any atom is -0.394 e. The number of aryl methyl sites for hydroxylation is 1. The van der Waals surface area contributed by atoms with Crippen LogP contribution in [0.25, 0.3) is 0 Å². The predicted molar refractivity (Wildman–Crippen MR) is 122 cm³/mol. The molecule has 1 aromatic heterocycles. The lowest BCUT2D eigenvalue weighted by molar-refractivity contribution is -0.140. The van der Waals surface area contributed by atoms with Gasteiger partial charge in [0.1, 0.15) is 0 Å². The molecule has 1 aromatic carbocycles. The molecule has 0 spiro atoms. The van der Waals surface area contributed by atoms with Crippen molar-refractivity contribution in [2.45, 2.75) is 42.5 Å². The van der Waals surface area contributed by atoms with Crippen LogP contribution >= 0.6 is 0 Å². The van der Waals surface area contributed by atoms with E-state index in [0.717, 1.165) is 18.8 Å². The zero-order valence-electron chi connectivity index (χ0n) is 18.7. The van der Waals surface area contributed by atoms with Crippen LogP contribution in [0.4, 0.5) is 5.69 Å². The maximum atomic E-state index is 12.8. The molecule has 1 amide bonds. The summed E-state index contributed by atoms with van der Waals surface area (Å²) in [6.07, 6.45) is 2.98. The molecular formula is C22H31N5O5S. The molecule has 2 aliphatic heterocycles. The van der Waals surface area contributed by atoms with Crippen molar-refractivity contribution >= 4 is 21.6 Å². The summed E-state index contributed by atoms with van der Waals surface area (Å²) in [6, 6.07) is 9.56. The summed E-state index contributed by atoms with van der Waals surface area (Å²) in [5.74, 6) is 0.0249. The largest absolute Gasteiger partial charge is 0.394 e. The summed E-state index contributed by atoms with van der Waals surface area (Å²) < 4.78 is 35.2. The van der Waals surface area contributed by atoms with Crippen molar-refractivity contribution in [2.24, 2.45) is 7.05 Å². The molecule has 2 aliphatic rings. The molecule has 2 fully saturated rings. The number of carbonyl (C=O) groups is 1. The molecule has 2 N–H and O–H groups in total. The molecule has 2 aromatic rings. The van der Waals surface area contributed by atoms with Crippen LogP contribution in [-0.2, 0) is 26.6 Å². The normalized spacial score (nSPS) is 24.1. The highest BCUT2D eigenvalue weighted by Gasteiger charge is 2.36. The Labute approximate surface area is 194 Å². The second-order valence-corrected chi connectivity index (χ2v) is 10.2. The topological polar surface area (TPSA) is 117 Å². The standard InChI is InChI=1S/C22H31N5O5S/c1-25-14-21(23-16-25)33(30,31)24-19-8-7-18(32-20(19)15-28)13-22(29)27-11-9-26(10-12-27)17-5-3-2-4-6-17/h2-6,14,16,18-20,24,28H,7-13,15H2,1H3/t18-,19+,20-/m0/s1. The zero-order valence-corrected chi connectivity index (χ0v) is 19.5. The average molecular weight is 478 g/mol. The highest BCUT2D eigenvalue weighted by molar-refractivity contribution is 7.89. The van der Waals surface area contributed by atoms with Crippen molar-refractivity contribution in [2.75, 3.05) is 37.7 Å². The first-order valence-electron chi connectivity index (χ1n) is 11.2. The second kappa shape index (κ2) is 10.2. The van der Waals surface area contributed by atoms with E-state index in [1.54, 1.807) is 11.6 Å². The molecule has 3 atom stereocenters. The molecule has 0 saturated carbocycles. The number of aliphatic hydroxyl groups excluding tert-OH is 1. The third-order valence-electron chi connectivity index (χ3n) is 6.21. The smallest absolute Gasteiger partial charge is 0.259 e. The Hall–Kier alpha value is -2.47. The molecule has 11 heteroatoms. The van der Waals surface area contributed by atoms with Gasteiger partial charge in [0.25, 0.3) is 10.0 Å². The van der Waals surface area contributed by atoms with Crippen LogP contribution in [0, 0.1) is 0 Å². The number of imidazole rings is 1. The lowest BCUT2D eigenvalue weighted by atomic mass is 9.97. The number of nitrogens with one attached hydrogen (secondary N) is 1. The fraction of sp³-hybridized carbons (Fsp3) is 0.545. The van der Waals surface area contributed by atoms with Gasteiger partial charge in [0.05, 0.1) is 37.6 Å². The number of rotatable bonds is 7. The lowest BCUT2D eigenvalue weighted by Crippen LogP contribution is -2.52. The number of carbonyl (C=O) groups excluding carboxylic acids is 1. The molecule has 0 aliphatic carbocycles. The van der Waals surface area contributed by atoms with E-state index in [-0.39, 0.29) is 30.1 Å². The summed E-state index contributed by atoms with van der Waals surface area (Å²) in [5, 5.41) is 9.72. The van der Waals surface area contributed by atoms with Crippen molar-refractivity contribution in [3.05, 3.63) is 42.9 Å². The minimum atomic E-state index is -3.82. The first-order chi connectivity index (χ1) is 15.9. The fourth-order valence-electron chi connectivity index (χ4n) is 4.38. The lowest BCUT2D eigenvalue weighted by Gasteiger charge is -2.38. The van der Waals surface area contributed by atoms with E-state index in [1.165, 1.54) is 12.5 Å². The Morgan fingerprint density at radius 1 is 1.18 bits per heavy atom. The van der Waals surface area contributed by atoms with Crippen LogP contribution in [0.15, 0.2) is 47.9 Å². The first-order valence-corrected chi connectivity index (χ1v) is 12.7. The quantitative estimate of drug-likeness (QED) is 0.591. The number of benzene rings is 1. The fourth-order valence-corrected chi connectivity index (χ4v) is 5.66. The van der Waals surface area contributed by atoms with Gasteiger partial charge in [-0.05, 0) is 25.0 Å². The van der Waals surface area contributed by atoms with E-state index in [2.05, 4.69) is 26.7 Å². The summed E-state index contributed by atoms with van der Waals surface area (Å²) in [7, 11) is -2.13. The van der Waals surface area contributed by atoms with Crippen molar-refractivity contribution in [3.8, 4) is 0 Å². The van der Waals surface area contributed by atoms with Crippen LogP contribution < -0.4 is 9.62 Å². The molecule has 4 rings (SSSR count). The molecule has 0 radical (unpaired) electrons. The second-order valence-electron chi connectivity index (χ2n) is 8.57. The van der Waals surface area contributed by atoms with Gasteiger partial charge < -0.3 is 24.2 Å². The maximum absolute atomic E-state index is 12.8. The Morgan fingerprint density at radius 3 is 2.55 bits per heavy atom. The highest BCUT2D eigenvalue weighted by atomic mass is 32.2. The number of para-hydroxylation sites is 1. The van der Waals surface area contributed by atoms with E-state index in [0.29, 0.717) is 25.9 Å². The van der Waals surface area contributed by atoms with Gasteiger partial charge in [0.2, 0.25) is 5.91 Å². The zero-order chi connectivity index (χ0) is 23.4. The molecule has 0 bridgehead atoms. The molecular weight excluding hydrogens is 446 g/mol. The monoisotopic (exact) mass is 477 g/mol. The van der Waals surface area contributed by atoms with Gasteiger partial charge in [-0.1, -0.05) is 18.2 Å². The number of ether oxygens (including phenoxy) is 1. The van der Waals surface area contributed by atoms with Crippen LogP contribution in [0.2, 0.25) is 0 Å². The number of aromatic nitrogens is 2. The van der Waals surface area contributed by atoms with E-state index in [9.17, 15) is 18.3 Å². The Kier molecular flexibility index (Phi) is 7.32. The van der Waals surface area contributed by atoms with Gasteiger partial charge >= 0.3 is 0 Å². The Balaban J connectivity index is 1.28. The number of nitrogens with zero attached hydrogens (tertiary/aromatic N) is 4. The molecule has 33 heavy (non-hydrogen) atoms. The van der Waals surface area contributed by atoms with Gasteiger partial charge in [0.15, 0.2) is 5.03 Å². The summed E-state index contributed by atoms with van der Waals surface area (Å²) in [4.78, 5) is 20.9. The number of aliphatic hydroxyl groups is 1. The van der Waals surface area contributed by atoms with E-state index in [1.807, 2.05) is 23.1 Å². The van der Waals surface area contributed by atoms with Gasteiger partial charge in [-0.2, -0.15) is 0 Å². The minimum absolute atomic E-state index is 0.0249. The van der Waals surface area contributed by atoms with E-state index >= 15 is 0 Å². The van der Waals surface area contributed by atoms with Gasteiger partial charge in [-0.3, -0.25) is 4.79 Å². The van der Waals surface area contributed by atoms with E-state index in [4.69, 9.17) is 4.74 Å². The first kappa shape index (κ1) is 23.7. The van der Waals surface area contributed by atoms with Crippen LogP contribution in [0.5, 0.6) is 0 Å². The molecule has 2 saturated heterocycles. The van der Waals surface area contributed by atoms with Crippen molar-refractivity contribution < 1.29 is 23.1 Å². The molecule has 0 unspecified atom stereocenters. The highest BCUT2D eigenvalue weighted by Crippen LogP contribution is 2.24. The number of hydrogen-bond acceptors (Lipinski definition) is 7. The number of piperazine rings is 1. The number of anilines is 1. The van der Waals surface area contributed by atoms with Crippen LogP contribution in [-0.4, -0.2) is 84.9 Å². The molecule has 180 valence electrons.